The van der Waals surface area contributed by atoms with Gasteiger partial charge in [0.25, 0.3) is 5.56 Å². The molecule has 0 spiro atoms. The molecule has 1 fully saturated rings. The Balaban J connectivity index is 2.38. The average Bonchev–Trinajstić information content (AvgIpc) is 2.78. The molecule has 2 rings (SSSR count). The molecule has 0 saturated carbocycles. The predicted molar refractivity (Wildman–Crippen MR) is 68.0 cm³/mol. The molecule has 0 bridgehead atoms. The van der Waals surface area contributed by atoms with E-state index in [1.165, 1.54) is 0 Å². The number of hydrogen-bond donors (Lipinski definition) is 2. The van der Waals surface area contributed by atoms with Gasteiger partial charge >= 0.3 is 11.9 Å². The maximum absolute atomic E-state index is 12.2. The Bertz CT molecular complexity index is 679. The lowest BCUT2D eigenvalue weighted by molar-refractivity contribution is -0.0792. The fourth-order valence-corrected chi connectivity index (χ4v) is 2.07. The van der Waals surface area contributed by atoms with Crippen LogP contribution in [0.1, 0.15) is 12.6 Å². The summed E-state index contributed by atoms with van der Waals surface area (Å²) in [5, 5.41) is 18.6. The number of ether oxygens (including phenoxy) is 1. The smallest absolute Gasteiger partial charge is 0.394 e. The van der Waals surface area contributed by atoms with Crippen LogP contribution in [-0.4, -0.2) is 44.3 Å². The lowest BCUT2D eigenvalue weighted by Gasteiger charge is -2.15. The van der Waals surface area contributed by atoms with Gasteiger partial charge in [-0.3, -0.25) is 9.36 Å². The third-order valence-electron chi connectivity index (χ3n) is 3.15. The summed E-state index contributed by atoms with van der Waals surface area (Å²) in [6, 6.07) is 0.907. The zero-order chi connectivity index (χ0) is 16.5. The van der Waals surface area contributed by atoms with Crippen LogP contribution in [-0.2, 0) is 4.74 Å². The lowest BCUT2D eigenvalue weighted by atomic mass is 10.2. The van der Waals surface area contributed by atoms with Gasteiger partial charge in [-0.2, -0.15) is 13.2 Å². The summed E-state index contributed by atoms with van der Waals surface area (Å²) in [4.78, 5) is 23.6. The van der Waals surface area contributed by atoms with E-state index in [0.29, 0.717) is 6.20 Å². The second kappa shape index (κ2) is 6.07. The second-order valence-corrected chi connectivity index (χ2v) is 4.69. The van der Waals surface area contributed by atoms with Crippen LogP contribution < -0.4 is 11.2 Å². The Hall–Kier alpha value is -1.91. The molecule has 7 nitrogen and oxygen atoms in total. The minimum absolute atomic E-state index is 0.0354. The van der Waals surface area contributed by atoms with E-state index in [9.17, 15) is 27.9 Å². The van der Waals surface area contributed by atoms with Gasteiger partial charge in [0, 0.05) is 31.0 Å². The van der Waals surface area contributed by atoms with Crippen molar-refractivity contribution in [2.24, 2.45) is 0 Å². The number of hydrogen-bond acceptors (Lipinski definition) is 5. The van der Waals surface area contributed by atoms with Gasteiger partial charge in [0.05, 0.1) is 12.7 Å². The van der Waals surface area contributed by atoms with Crippen molar-refractivity contribution in [1.82, 2.24) is 9.13 Å². The Morgan fingerprint density at radius 2 is 2.09 bits per heavy atom. The topological polar surface area (TPSA) is 93.7 Å². The first-order valence-electron chi connectivity index (χ1n) is 6.27. The first-order chi connectivity index (χ1) is 10.2. The van der Waals surface area contributed by atoms with Gasteiger partial charge in [-0.05, 0) is 0 Å². The molecular weight excluding hydrogens is 309 g/mol. The highest BCUT2D eigenvalue weighted by Crippen LogP contribution is 2.27. The number of rotatable bonds is 3. The van der Waals surface area contributed by atoms with Crippen molar-refractivity contribution >= 4 is 6.20 Å². The fourth-order valence-electron chi connectivity index (χ4n) is 2.07. The normalized spacial score (nSPS) is 26.0. The predicted octanol–water partition coefficient (Wildman–Crippen LogP) is -0.316. The monoisotopic (exact) mass is 322 g/mol. The largest absolute Gasteiger partial charge is 0.411 e. The average molecular weight is 322 g/mol. The van der Waals surface area contributed by atoms with E-state index in [-0.39, 0.29) is 17.1 Å². The highest BCUT2D eigenvalue weighted by molar-refractivity contribution is 5.23. The molecule has 2 N–H and O–H groups in total. The van der Waals surface area contributed by atoms with Crippen LogP contribution in [0, 0.1) is 0 Å². The molecule has 1 aromatic heterocycles. The van der Waals surface area contributed by atoms with Gasteiger partial charge in [0.15, 0.2) is 0 Å². The van der Waals surface area contributed by atoms with Crippen LogP contribution >= 0.6 is 0 Å². The maximum Gasteiger partial charge on any atom is 0.411 e. The molecule has 0 amide bonds. The van der Waals surface area contributed by atoms with E-state index in [1.54, 1.807) is 0 Å². The second-order valence-electron chi connectivity index (χ2n) is 4.69. The summed E-state index contributed by atoms with van der Waals surface area (Å²) in [6.07, 6.45) is -6.45. The summed E-state index contributed by atoms with van der Waals surface area (Å²) in [5.41, 5.74) is -1.97. The number of alkyl halides is 3. The molecule has 22 heavy (non-hydrogen) atoms. The van der Waals surface area contributed by atoms with E-state index in [1.807, 2.05) is 0 Å². The minimum atomic E-state index is -4.67. The Kier molecular flexibility index (Phi) is 4.54. The number of aromatic nitrogens is 2. The van der Waals surface area contributed by atoms with Gasteiger partial charge in [0.2, 0.25) is 0 Å². The van der Waals surface area contributed by atoms with Crippen molar-refractivity contribution < 1.29 is 28.1 Å². The molecule has 0 aromatic carbocycles. The van der Waals surface area contributed by atoms with Crippen LogP contribution in [0.15, 0.2) is 27.9 Å². The third-order valence-corrected chi connectivity index (χ3v) is 3.15. The van der Waals surface area contributed by atoms with Crippen LogP contribution in [0.5, 0.6) is 0 Å². The van der Waals surface area contributed by atoms with E-state index in [4.69, 9.17) is 9.84 Å². The summed E-state index contributed by atoms with van der Waals surface area (Å²) in [7, 11) is 0. The number of allylic oxidation sites excluding steroid dienone is 1. The van der Waals surface area contributed by atoms with Crippen molar-refractivity contribution in [2.75, 3.05) is 6.61 Å². The highest BCUT2D eigenvalue weighted by Gasteiger charge is 2.35. The van der Waals surface area contributed by atoms with Crippen LogP contribution in [0.25, 0.3) is 6.20 Å². The van der Waals surface area contributed by atoms with Crippen molar-refractivity contribution in [2.45, 2.75) is 31.0 Å². The molecule has 2 heterocycles. The van der Waals surface area contributed by atoms with Crippen LogP contribution in [0.3, 0.4) is 0 Å². The minimum Gasteiger partial charge on any atom is -0.394 e. The van der Waals surface area contributed by atoms with E-state index < -0.39 is 42.5 Å². The van der Waals surface area contributed by atoms with Gasteiger partial charge in [-0.25, -0.2) is 9.36 Å². The summed E-state index contributed by atoms with van der Waals surface area (Å²) < 4.78 is 42.9. The number of halogens is 3. The molecule has 10 heteroatoms. The number of aliphatic hydroxyl groups excluding tert-OH is 2. The third kappa shape index (κ3) is 3.46. The van der Waals surface area contributed by atoms with Crippen molar-refractivity contribution in [3.8, 4) is 0 Å². The lowest BCUT2D eigenvalue weighted by Crippen LogP contribution is -2.38. The van der Waals surface area contributed by atoms with Gasteiger partial charge in [0.1, 0.15) is 12.3 Å². The van der Waals surface area contributed by atoms with Crippen molar-refractivity contribution in [1.29, 1.82) is 0 Å². The fraction of sp³-hybridized carbons (Fsp3) is 0.500. The molecular formula is C12H13F3N2O5. The van der Waals surface area contributed by atoms with Gasteiger partial charge in [-0.1, -0.05) is 0 Å². The molecule has 1 aliphatic rings. The van der Waals surface area contributed by atoms with E-state index >= 15 is 0 Å². The van der Waals surface area contributed by atoms with Crippen molar-refractivity contribution in [3.05, 3.63) is 39.2 Å². The Labute approximate surface area is 121 Å². The number of nitrogens with zero attached hydrogens (tertiary/aromatic N) is 2. The van der Waals surface area contributed by atoms with E-state index in [0.717, 1.165) is 16.8 Å². The van der Waals surface area contributed by atoms with Crippen LogP contribution in [0.4, 0.5) is 13.2 Å². The molecule has 1 saturated heterocycles. The summed E-state index contributed by atoms with van der Waals surface area (Å²) in [6.45, 7) is -0.472. The molecule has 122 valence electrons. The Morgan fingerprint density at radius 3 is 2.64 bits per heavy atom. The molecule has 0 unspecified atom stereocenters. The molecule has 0 radical (unpaired) electrons. The molecule has 1 aromatic rings. The zero-order valence-electron chi connectivity index (χ0n) is 11.1. The van der Waals surface area contributed by atoms with Crippen LogP contribution in [0.2, 0.25) is 0 Å². The summed E-state index contributed by atoms with van der Waals surface area (Å²) >= 11 is 0. The molecule has 3 atom stereocenters. The molecule has 0 aliphatic carbocycles. The maximum atomic E-state index is 12.2. The zero-order valence-corrected chi connectivity index (χ0v) is 11.1. The SMILES string of the molecule is O=c1ccn([C@H]2C[C@H](O)[C@@H](CO)O2)c(=O)n1/C=C/C(F)(F)F. The first kappa shape index (κ1) is 16.5. The summed E-state index contributed by atoms with van der Waals surface area (Å²) in [5.74, 6) is 0. The van der Waals surface area contributed by atoms with Gasteiger partial charge < -0.3 is 14.9 Å². The Morgan fingerprint density at radius 1 is 1.41 bits per heavy atom. The first-order valence-corrected chi connectivity index (χ1v) is 6.27. The number of aliphatic hydroxyl groups is 2. The quantitative estimate of drug-likeness (QED) is 0.796. The van der Waals surface area contributed by atoms with Crippen molar-refractivity contribution in [3.63, 3.8) is 0 Å². The van der Waals surface area contributed by atoms with E-state index in [2.05, 4.69) is 0 Å². The highest BCUT2D eigenvalue weighted by atomic mass is 19.4. The molecule has 1 aliphatic heterocycles. The van der Waals surface area contributed by atoms with Gasteiger partial charge in [-0.15, -0.1) is 0 Å². The standard InChI is InChI=1S/C12H13F3N2O5/c13-12(14,15)2-4-16-9(20)1-3-17(11(16)21)10-5-7(19)8(6-18)22-10/h1-4,7-8,10,18-19H,5-6H2/b4-2+/t7-,8+,10+/m0/s1.